The summed E-state index contributed by atoms with van der Waals surface area (Å²) in [5.41, 5.74) is 9.22. The number of nitrogens with one attached hydrogen (secondary N) is 1. The maximum absolute atomic E-state index is 5.61. The van der Waals surface area contributed by atoms with Crippen LogP contribution >= 0.6 is 12.4 Å². The first-order valence-electron chi connectivity index (χ1n) is 5.74. The van der Waals surface area contributed by atoms with Gasteiger partial charge in [0.05, 0.1) is 5.69 Å². The largest absolute Gasteiger partial charge is 0.382 e. The van der Waals surface area contributed by atoms with E-state index in [-0.39, 0.29) is 12.4 Å². The summed E-state index contributed by atoms with van der Waals surface area (Å²) in [4.78, 5) is 0. The molecular formula is C13H16ClN3. The van der Waals surface area contributed by atoms with Crippen LogP contribution in [0.2, 0.25) is 0 Å². The Morgan fingerprint density at radius 2 is 2.06 bits per heavy atom. The second-order valence-corrected chi connectivity index (χ2v) is 4.46. The van der Waals surface area contributed by atoms with E-state index in [2.05, 4.69) is 34.5 Å². The fourth-order valence-corrected chi connectivity index (χ4v) is 2.19. The number of H-pyrrole nitrogens is 1. The Labute approximate surface area is 107 Å². The number of hydrogen-bond donors (Lipinski definition) is 2. The maximum Gasteiger partial charge on any atom is 0.145 e. The topological polar surface area (TPSA) is 54.7 Å². The lowest BCUT2D eigenvalue weighted by Gasteiger charge is -2.26. The monoisotopic (exact) mass is 249 g/mol. The van der Waals surface area contributed by atoms with Crippen LogP contribution in [0.15, 0.2) is 30.3 Å². The Hall–Kier alpha value is -1.48. The molecule has 90 valence electrons. The number of hydrogen-bond acceptors (Lipinski definition) is 2. The lowest BCUT2D eigenvalue weighted by atomic mass is 9.79. The van der Waals surface area contributed by atoms with Crippen LogP contribution in [0.4, 0.5) is 5.82 Å². The van der Waals surface area contributed by atoms with Crippen LogP contribution in [0, 0.1) is 0 Å². The normalized spacial score (nSPS) is 15.1. The Kier molecular flexibility index (Phi) is 3.38. The van der Waals surface area contributed by atoms with E-state index < -0.39 is 0 Å². The second-order valence-electron chi connectivity index (χ2n) is 4.46. The summed E-state index contributed by atoms with van der Waals surface area (Å²) in [5, 5.41) is 6.90. The number of rotatable bonds is 2. The number of nitrogen functional groups attached to an aromatic ring is 1. The molecule has 4 heteroatoms. The number of aromatic amines is 1. The van der Waals surface area contributed by atoms with Crippen molar-refractivity contribution in [2.24, 2.45) is 0 Å². The summed E-state index contributed by atoms with van der Waals surface area (Å²) >= 11 is 0. The Morgan fingerprint density at radius 1 is 1.24 bits per heavy atom. The average molecular weight is 250 g/mol. The van der Waals surface area contributed by atoms with E-state index in [1.54, 1.807) is 0 Å². The molecule has 0 atom stereocenters. The van der Waals surface area contributed by atoms with Gasteiger partial charge >= 0.3 is 0 Å². The molecule has 1 aliphatic carbocycles. The summed E-state index contributed by atoms with van der Waals surface area (Å²) in [6.45, 7) is 0. The van der Waals surface area contributed by atoms with Crippen LogP contribution < -0.4 is 5.73 Å². The van der Waals surface area contributed by atoms with Crippen molar-refractivity contribution in [1.29, 1.82) is 0 Å². The molecule has 0 saturated heterocycles. The van der Waals surface area contributed by atoms with E-state index in [0.717, 1.165) is 11.6 Å². The summed E-state index contributed by atoms with van der Waals surface area (Å²) in [5.74, 6) is 1.31. The summed E-state index contributed by atoms with van der Waals surface area (Å²) in [6, 6.07) is 10.5. The Morgan fingerprint density at radius 3 is 2.65 bits per heavy atom. The van der Waals surface area contributed by atoms with Crippen molar-refractivity contribution in [2.45, 2.75) is 25.2 Å². The minimum absolute atomic E-state index is 0. The van der Waals surface area contributed by atoms with Crippen molar-refractivity contribution in [3.63, 3.8) is 0 Å². The van der Waals surface area contributed by atoms with Crippen molar-refractivity contribution >= 4 is 18.2 Å². The highest BCUT2D eigenvalue weighted by atomic mass is 35.5. The van der Waals surface area contributed by atoms with Gasteiger partial charge in [-0.05, 0) is 36.0 Å². The molecule has 3 nitrogen and oxygen atoms in total. The van der Waals surface area contributed by atoms with Crippen molar-refractivity contribution in [3.05, 3.63) is 35.9 Å². The van der Waals surface area contributed by atoms with Crippen LogP contribution in [0.5, 0.6) is 0 Å². The molecule has 1 aliphatic rings. The smallest absolute Gasteiger partial charge is 0.145 e. The van der Waals surface area contributed by atoms with E-state index in [9.17, 15) is 0 Å². The molecule has 1 aromatic heterocycles. The van der Waals surface area contributed by atoms with Gasteiger partial charge in [0.25, 0.3) is 0 Å². The first-order valence-corrected chi connectivity index (χ1v) is 5.74. The molecule has 0 bridgehead atoms. The Balaban J connectivity index is 0.00000108. The molecular weight excluding hydrogens is 234 g/mol. The molecule has 0 spiro atoms. The molecule has 2 aromatic rings. The van der Waals surface area contributed by atoms with Gasteiger partial charge in [0, 0.05) is 6.07 Å². The molecule has 3 rings (SSSR count). The van der Waals surface area contributed by atoms with Crippen molar-refractivity contribution in [2.75, 3.05) is 5.73 Å². The van der Waals surface area contributed by atoms with Crippen LogP contribution in [-0.2, 0) is 0 Å². The average Bonchev–Trinajstić information content (AvgIpc) is 2.63. The van der Waals surface area contributed by atoms with Crippen molar-refractivity contribution in [3.8, 4) is 11.3 Å². The van der Waals surface area contributed by atoms with Gasteiger partial charge in [-0.1, -0.05) is 24.6 Å². The minimum atomic E-state index is 0. The second kappa shape index (κ2) is 4.80. The fourth-order valence-electron chi connectivity index (χ4n) is 2.19. The number of nitrogens with two attached hydrogens (primary N) is 1. The molecule has 1 heterocycles. The van der Waals surface area contributed by atoms with E-state index in [4.69, 9.17) is 5.73 Å². The lowest BCUT2D eigenvalue weighted by Crippen LogP contribution is -2.08. The highest BCUT2D eigenvalue weighted by molar-refractivity contribution is 5.85. The van der Waals surface area contributed by atoms with Crippen LogP contribution in [0.3, 0.4) is 0 Å². The highest BCUT2D eigenvalue weighted by Gasteiger charge is 2.19. The SMILES string of the molecule is Cl.Nc1cc(-c2cccc(C3CCC3)c2)[nH]n1. The predicted molar refractivity (Wildman–Crippen MR) is 72.3 cm³/mol. The van der Waals surface area contributed by atoms with E-state index >= 15 is 0 Å². The molecule has 1 saturated carbocycles. The standard InChI is InChI=1S/C13H15N3.ClH/c14-13-8-12(15-16-13)11-6-2-5-10(7-11)9-3-1-4-9;/h2,5-9H,1,3-4H2,(H3,14,15,16);1H. The third kappa shape index (κ3) is 2.29. The summed E-state index contributed by atoms with van der Waals surface area (Å²) in [7, 11) is 0. The number of benzene rings is 1. The van der Waals surface area contributed by atoms with Crippen LogP contribution in [-0.4, -0.2) is 10.2 Å². The summed E-state index contributed by atoms with van der Waals surface area (Å²) in [6.07, 6.45) is 4.02. The number of aromatic nitrogens is 2. The molecule has 17 heavy (non-hydrogen) atoms. The third-order valence-corrected chi connectivity index (χ3v) is 3.37. The lowest BCUT2D eigenvalue weighted by molar-refractivity contribution is 0.420. The predicted octanol–water partition coefficient (Wildman–Crippen LogP) is 3.35. The fraction of sp³-hybridized carbons (Fsp3) is 0.308. The van der Waals surface area contributed by atoms with Gasteiger partial charge in [-0.25, -0.2) is 0 Å². The molecule has 3 N–H and O–H groups in total. The van der Waals surface area contributed by atoms with E-state index in [1.165, 1.54) is 30.4 Å². The highest BCUT2D eigenvalue weighted by Crippen LogP contribution is 2.37. The molecule has 0 amide bonds. The molecule has 0 aliphatic heterocycles. The van der Waals surface area contributed by atoms with Gasteiger partial charge in [0.1, 0.15) is 5.82 Å². The van der Waals surface area contributed by atoms with Crippen molar-refractivity contribution < 1.29 is 0 Å². The number of nitrogens with zero attached hydrogens (tertiary/aromatic N) is 1. The zero-order chi connectivity index (χ0) is 11.0. The van der Waals surface area contributed by atoms with Crippen molar-refractivity contribution in [1.82, 2.24) is 10.2 Å². The van der Waals surface area contributed by atoms with Crippen LogP contribution in [0.25, 0.3) is 11.3 Å². The molecule has 1 fully saturated rings. The molecule has 0 unspecified atom stereocenters. The maximum atomic E-state index is 5.61. The minimum Gasteiger partial charge on any atom is -0.382 e. The van der Waals surface area contributed by atoms with E-state index in [0.29, 0.717) is 5.82 Å². The van der Waals surface area contributed by atoms with Crippen LogP contribution in [0.1, 0.15) is 30.7 Å². The number of halogens is 1. The number of anilines is 1. The zero-order valence-electron chi connectivity index (χ0n) is 9.52. The zero-order valence-corrected chi connectivity index (χ0v) is 10.3. The molecule has 1 aromatic carbocycles. The van der Waals surface area contributed by atoms with Gasteiger partial charge in [-0.3, -0.25) is 5.10 Å². The quantitative estimate of drug-likeness (QED) is 0.858. The first kappa shape index (κ1) is 12.0. The third-order valence-electron chi connectivity index (χ3n) is 3.37. The molecule has 0 radical (unpaired) electrons. The Bertz CT molecular complexity index is 503. The first-order chi connectivity index (χ1) is 7.83. The van der Waals surface area contributed by atoms with E-state index in [1.807, 2.05) is 6.07 Å². The summed E-state index contributed by atoms with van der Waals surface area (Å²) < 4.78 is 0. The van der Waals surface area contributed by atoms with Gasteiger partial charge < -0.3 is 5.73 Å². The van der Waals surface area contributed by atoms with Gasteiger partial charge in [0.15, 0.2) is 0 Å². The van der Waals surface area contributed by atoms with Gasteiger partial charge in [0.2, 0.25) is 0 Å². The van der Waals surface area contributed by atoms with Gasteiger partial charge in [-0.15, -0.1) is 12.4 Å². The van der Waals surface area contributed by atoms with Gasteiger partial charge in [-0.2, -0.15) is 5.10 Å².